The molecular weight excluding hydrogens is 278 g/mol. The summed E-state index contributed by atoms with van der Waals surface area (Å²) in [4.78, 5) is 11.7. The highest BCUT2D eigenvalue weighted by molar-refractivity contribution is 6.31. The standard InChI is InChI=1S/C13H18ClN5O/c1-11-12(14)10-19(17-11)9-4-13(20)15-5-2-7-18-8-3-6-16-18/h3,6,8,10H,2,4-5,7,9H2,1H3,(H,15,20). The molecule has 0 saturated carbocycles. The van der Waals surface area contributed by atoms with Crippen LogP contribution in [0.5, 0.6) is 0 Å². The molecule has 0 unspecified atom stereocenters. The maximum atomic E-state index is 11.7. The summed E-state index contributed by atoms with van der Waals surface area (Å²) in [6.45, 7) is 3.84. The Hall–Kier alpha value is -1.82. The fourth-order valence-electron chi connectivity index (χ4n) is 1.81. The minimum atomic E-state index is 0.0229. The Morgan fingerprint density at radius 1 is 1.40 bits per heavy atom. The minimum Gasteiger partial charge on any atom is -0.356 e. The van der Waals surface area contributed by atoms with Gasteiger partial charge in [-0.05, 0) is 19.4 Å². The first-order chi connectivity index (χ1) is 9.65. The molecule has 0 fully saturated rings. The summed E-state index contributed by atoms with van der Waals surface area (Å²) in [6, 6.07) is 1.88. The molecule has 0 aliphatic heterocycles. The van der Waals surface area contributed by atoms with Gasteiger partial charge in [-0.1, -0.05) is 11.6 Å². The van der Waals surface area contributed by atoms with E-state index in [0.29, 0.717) is 24.5 Å². The maximum absolute atomic E-state index is 11.7. The fraction of sp³-hybridized carbons (Fsp3) is 0.462. The van der Waals surface area contributed by atoms with Crippen LogP contribution in [0.4, 0.5) is 0 Å². The van der Waals surface area contributed by atoms with E-state index in [-0.39, 0.29) is 5.91 Å². The van der Waals surface area contributed by atoms with E-state index in [1.807, 2.05) is 23.9 Å². The quantitative estimate of drug-likeness (QED) is 0.790. The zero-order valence-corrected chi connectivity index (χ0v) is 12.2. The zero-order chi connectivity index (χ0) is 14.4. The van der Waals surface area contributed by atoms with E-state index < -0.39 is 0 Å². The lowest BCUT2D eigenvalue weighted by Crippen LogP contribution is -2.26. The molecule has 0 radical (unpaired) electrons. The van der Waals surface area contributed by atoms with Crippen LogP contribution in [0, 0.1) is 6.92 Å². The lowest BCUT2D eigenvalue weighted by atomic mass is 10.3. The minimum absolute atomic E-state index is 0.0229. The van der Waals surface area contributed by atoms with Gasteiger partial charge in [-0.15, -0.1) is 0 Å². The van der Waals surface area contributed by atoms with Gasteiger partial charge in [0.15, 0.2) is 0 Å². The summed E-state index contributed by atoms with van der Waals surface area (Å²) in [7, 11) is 0. The van der Waals surface area contributed by atoms with Crippen LogP contribution in [0.25, 0.3) is 0 Å². The third-order valence-electron chi connectivity index (χ3n) is 2.90. The lowest BCUT2D eigenvalue weighted by Gasteiger charge is -2.05. The summed E-state index contributed by atoms with van der Waals surface area (Å²) in [5.74, 6) is 0.0229. The van der Waals surface area contributed by atoms with E-state index >= 15 is 0 Å². The molecule has 2 heterocycles. The number of nitrogens with zero attached hydrogens (tertiary/aromatic N) is 4. The first kappa shape index (κ1) is 14.6. The van der Waals surface area contributed by atoms with Gasteiger partial charge in [0.25, 0.3) is 0 Å². The van der Waals surface area contributed by atoms with E-state index in [4.69, 9.17) is 11.6 Å². The van der Waals surface area contributed by atoms with Crippen LogP contribution in [0.15, 0.2) is 24.7 Å². The predicted molar refractivity (Wildman–Crippen MR) is 76.4 cm³/mol. The molecule has 108 valence electrons. The fourth-order valence-corrected chi connectivity index (χ4v) is 1.96. The molecule has 2 aromatic heterocycles. The SMILES string of the molecule is Cc1nn(CCC(=O)NCCCn2cccn2)cc1Cl. The van der Waals surface area contributed by atoms with Gasteiger partial charge in [0.05, 0.1) is 10.7 Å². The number of halogens is 1. The number of amides is 1. The van der Waals surface area contributed by atoms with Crippen LogP contribution in [0.1, 0.15) is 18.5 Å². The van der Waals surface area contributed by atoms with Crippen LogP contribution in [0.2, 0.25) is 5.02 Å². The molecule has 1 N–H and O–H groups in total. The van der Waals surface area contributed by atoms with Crippen molar-refractivity contribution in [2.75, 3.05) is 6.54 Å². The van der Waals surface area contributed by atoms with E-state index in [0.717, 1.165) is 18.7 Å². The van der Waals surface area contributed by atoms with Crippen molar-refractivity contribution in [3.8, 4) is 0 Å². The summed E-state index contributed by atoms with van der Waals surface area (Å²) in [5.41, 5.74) is 0.784. The number of aryl methyl sites for hydroxylation is 3. The van der Waals surface area contributed by atoms with Crippen molar-refractivity contribution in [1.82, 2.24) is 24.9 Å². The number of carbonyl (C=O) groups excluding carboxylic acids is 1. The third-order valence-corrected chi connectivity index (χ3v) is 3.27. The van der Waals surface area contributed by atoms with Crippen LogP contribution in [-0.4, -0.2) is 32.0 Å². The average molecular weight is 296 g/mol. The number of nitrogens with one attached hydrogen (secondary N) is 1. The normalized spacial score (nSPS) is 10.7. The molecule has 1 amide bonds. The van der Waals surface area contributed by atoms with Crippen molar-refractivity contribution in [2.24, 2.45) is 0 Å². The molecule has 0 atom stereocenters. The number of hydrogen-bond donors (Lipinski definition) is 1. The third kappa shape index (κ3) is 4.38. The summed E-state index contributed by atoms with van der Waals surface area (Å²) in [5, 5.41) is 11.8. The summed E-state index contributed by atoms with van der Waals surface area (Å²) < 4.78 is 3.54. The van der Waals surface area contributed by atoms with Crippen molar-refractivity contribution in [2.45, 2.75) is 32.9 Å². The molecule has 0 aliphatic carbocycles. The highest BCUT2D eigenvalue weighted by Crippen LogP contribution is 2.11. The molecule has 2 rings (SSSR count). The Morgan fingerprint density at radius 3 is 2.90 bits per heavy atom. The van der Waals surface area contributed by atoms with Gasteiger partial charge in [0.1, 0.15) is 0 Å². The second-order valence-electron chi connectivity index (χ2n) is 4.55. The second kappa shape index (κ2) is 7.09. The van der Waals surface area contributed by atoms with Gasteiger partial charge in [0.2, 0.25) is 5.91 Å². The van der Waals surface area contributed by atoms with Gasteiger partial charge in [0, 0.05) is 44.6 Å². The van der Waals surface area contributed by atoms with Gasteiger partial charge in [-0.25, -0.2) is 0 Å². The van der Waals surface area contributed by atoms with Crippen LogP contribution in [0.3, 0.4) is 0 Å². The first-order valence-electron chi connectivity index (χ1n) is 6.59. The Kier molecular flexibility index (Phi) is 5.17. The molecule has 2 aromatic rings. The van der Waals surface area contributed by atoms with E-state index in [2.05, 4.69) is 15.5 Å². The number of hydrogen-bond acceptors (Lipinski definition) is 3. The monoisotopic (exact) mass is 295 g/mol. The van der Waals surface area contributed by atoms with Gasteiger partial charge < -0.3 is 5.32 Å². The average Bonchev–Trinajstić information content (AvgIpc) is 3.03. The van der Waals surface area contributed by atoms with E-state index in [9.17, 15) is 4.79 Å². The molecule has 0 saturated heterocycles. The predicted octanol–water partition coefficient (Wildman–Crippen LogP) is 1.64. The number of carbonyl (C=O) groups is 1. The van der Waals surface area contributed by atoms with Crippen molar-refractivity contribution < 1.29 is 4.79 Å². The van der Waals surface area contributed by atoms with Crippen LogP contribution in [-0.2, 0) is 17.9 Å². The Bertz CT molecular complexity index is 530. The van der Waals surface area contributed by atoms with Gasteiger partial charge in [-0.2, -0.15) is 10.2 Å². The second-order valence-corrected chi connectivity index (χ2v) is 4.96. The van der Waals surface area contributed by atoms with Crippen molar-refractivity contribution in [3.05, 3.63) is 35.4 Å². The number of rotatable bonds is 7. The van der Waals surface area contributed by atoms with E-state index in [1.165, 1.54) is 0 Å². The van der Waals surface area contributed by atoms with Gasteiger partial charge >= 0.3 is 0 Å². The van der Waals surface area contributed by atoms with Crippen molar-refractivity contribution >= 4 is 17.5 Å². The van der Waals surface area contributed by atoms with E-state index in [1.54, 1.807) is 17.1 Å². The maximum Gasteiger partial charge on any atom is 0.221 e. The largest absolute Gasteiger partial charge is 0.356 e. The molecule has 0 bridgehead atoms. The van der Waals surface area contributed by atoms with Gasteiger partial charge in [-0.3, -0.25) is 14.2 Å². The highest BCUT2D eigenvalue weighted by atomic mass is 35.5. The topological polar surface area (TPSA) is 64.7 Å². The van der Waals surface area contributed by atoms with Crippen molar-refractivity contribution in [3.63, 3.8) is 0 Å². The molecule has 0 spiro atoms. The molecule has 20 heavy (non-hydrogen) atoms. The Morgan fingerprint density at radius 2 is 2.25 bits per heavy atom. The molecule has 7 heteroatoms. The molecule has 0 aromatic carbocycles. The molecule has 6 nitrogen and oxygen atoms in total. The Balaban J connectivity index is 1.60. The first-order valence-corrected chi connectivity index (χ1v) is 6.96. The lowest BCUT2D eigenvalue weighted by molar-refractivity contribution is -0.121. The molecular formula is C13H18ClN5O. The van der Waals surface area contributed by atoms with Crippen molar-refractivity contribution in [1.29, 1.82) is 0 Å². The zero-order valence-electron chi connectivity index (χ0n) is 11.4. The number of aromatic nitrogens is 4. The van der Waals surface area contributed by atoms with Crippen LogP contribution < -0.4 is 5.32 Å². The highest BCUT2D eigenvalue weighted by Gasteiger charge is 2.05. The molecule has 0 aliphatic rings. The van der Waals surface area contributed by atoms with Crippen LogP contribution >= 0.6 is 11.6 Å². The Labute approximate surface area is 122 Å². The smallest absolute Gasteiger partial charge is 0.221 e. The summed E-state index contributed by atoms with van der Waals surface area (Å²) in [6.07, 6.45) is 6.66. The summed E-state index contributed by atoms with van der Waals surface area (Å²) >= 11 is 5.90.